The number of halogens is 1. The highest BCUT2D eigenvalue weighted by Gasteiger charge is 2.26. The zero-order valence-corrected chi connectivity index (χ0v) is 18.8. The van der Waals surface area contributed by atoms with Gasteiger partial charge in [-0.3, -0.25) is 4.79 Å². The van der Waals surface area contributed by atoms with Gasteiger partial charge in [0.1, 0.15) is 29.5 Å². The van der Waals surface area contributed by atoms with Crippen LogP contribution in [0.4, 0.5) is 10.2 Å². The van der Waals surface area contributed by atoms with Crippen molar-refractivity contribution in [3.63, 3.8) is 0 Å². The van der Waals surface area contributed by atoms with Crippen LogP contribution in [0.15, 0.2) is 60.9 Å². The van der Waals surface area contributed by atoms with Crippen molar-refractivity contribution in [1.29, 1.82) is 0 Å². The molecule has 0 radical (unpaired) electrons. The summed E-state index contributed by atoms with van der Waals surface area (Å²) in [6.45, 7) is 6.76. The standard InChI is InChI=1S/C25H27FN4O3/c1-3-32-21-8-4-19(5-9-21)23-16-24(28-17-27-23)29-12-14-30(15-13-29)25(31)18(2)33-22-10-6-20(26)7-11-22/h4-11,16-18H,3,12-15H2,1-2H3. The second kappa shape index (κ2) is 10.3. The summed E-state index contributed by atoms with van der Waals surface area (Å²) in [4.78, 5) is 25.6. The van der Waals surface area contributed by atoms with E-state index in [0.29, 0.717) is 38.5 Å². The number of rotatable bonds is 7. The first kappa shape index (κ1) is 22.5. The summed E-state index contributed by atoms with van der Waals surface area (Å²) in [5.41, 5.74) is 1.82. The normalized spacial score (nSPS) is 14.6. The van der Waals surface area contributed by atoms with Gasteiger partial charge in [-0.2, -0.15) is 0 Å². The number of hydrogen-bond donors (Lipinski definition) is 0. The third-order valence-corrected chi connectivity index (χ3v) is 5.50. The highest BCUT2D eigenvalue weighted by Crippen LogP contribution is 2.24. The van der Waals surface area contributed by atoms with Crippen LogP contribution in [0.2, 0.25) is 0 Å². The van der Waals surface area contributed by atoms with Crippen molar-refractivity contribution in [2.45, 2.75) is 20.0 Å². The summed E-state index contributed by atoms with van der Waals surface area (Å²) in [5.74, 6) is 1.70. The first-order chi connectivity index (χ1) is 16.0. The molecule has 2 heterocycles. The molecule has 0 aliphatic carbocycles. The van der Waals surface area contributed by atoms with Crippen LogP contribution in [0, 0.1) is 5.82 Å². The first-order valence-corrected chi connectivity index (χ1v) is 11.0. The number of anilines is 1. The predicted molar refractivity (Wildman–Crippen MR) is 124 cm³/mol. The molecule has 1 fully saturated rings. The van der Waals surface area contributed by atoms with Gasteiger partial charge in [0.25, 0.3) is 5.91 Å². The molecule has 0 spiro atoms. The molecule has 1 unspecified atom stereocenters. The molecule has 2 aromatic carbocycles. The zero-order chi connectivity index (χ0) is 23.2. The lowest BCUT2D eigenvalue weighted by molar-refractivity contribution is -0.138. The van der Waals surface area contributed by atoms with Crippen LogP contribution in [0.3, 0.4) is 0 Å². The minimum atomic E-state index is -0.646. The molecule has 0 saturated carbocycles. The number of carbonyl (C=O) groups excluding carboxylic acids is 1. The van der Waals surface area contributed by atoms with Crippen LogP contribution in [-0.4, -0.2) is 59.7 Å². The molecule has 1 amide bonds. The number of nitrogens with zero attached hydrogens (tertiary/aromatic N) is 4. The molecule has 4 rings (SSSR count). The Kier molecular flexibility index (Phi) is 7.02. The highest BCUT2D eigenvalue weighted by atomic mass is 19.1. The van der Waals surface area contributed by atoms with E-state index < -0.39 is 6.10 Å². The van der Waals surface area contributed by atoms with Gasteiger partial charge in [0.15, 0.2) is 6.10 Å². The zero-order valence-electron chi connectivity index (χ0n) is 18.8. The van der Waals surface area contributed by atoms with Gasteiger partial charge in [0.2, 0.25) is 0 Å². The van der Waals surface area contributed by atoms with Gasteiger partial charge in [0.05, 0.1) is 12.3 Å². The van der Waals surface area contributed by atoms with Crippen molar-refractivity contribution < 1.29 is 18.7 Å². The topological polar surface area (TPSA) is 67.8 Å². The Morgan fingerprint density at radius 3 is 2.33 bits per heavy atom. The Hall–Kier alpha value is -3.68. The second-order valence-electron chi connectivity index (χ2n) is 7.75. The lowest BCUT2D eigenvalue weighted by Crippen LogP contribution is -2.52. The summed E-state index contributed by atoms with van der Waals surface area (Å²) >= 11 is 0. The molecule has 1 atom stereocenters. The molecule has 1 aliphatic rings. The molecule has 8 heteroatoms. The lowest BCUT2D eigenvalue weighted by atomic mass is 10.1. The summed E-state index contributed by atoms with van der Waals surface area (Å²) in [7, 11) is 0. The Labute approximate surface area is 192 Å². The highest BCUT2D eigenvalue weighted by molar-refractivity contribution is 5.81. The van der Waals surface area contributed by atoms with E-state index in [2.05, 4.69) is 14.9 Å². The smallest absolute Gasteiger partial charge is 0.263 e. The average Bonchev–Trinajstić information content (AvgIpc) is 2.86. The fraction of sp³-hybridized carbons (Fsp3) is 0.320. The van der Waals surface area contributed by atoms with Crippen LogP contribution >= 0.6 is 0 Å². The monoisotopic (exact) mass is 450 g/mol. The largest absolute Gasteiger partial charge is 0.494 e. The number of aromatic nitrogens is 2. The van der Waals surface area contributed by atoms with Crippen molar-refractivity contribution in [1.82, 2.24) is 14.9 Å². The van der Waals surface area contributed by atoms with Gasteiger partial charge >= 0.3 is 0 Å². The van der Waals surface area contributed by atoms with Crippen LogP contribution < -0.4 is 14.4 Å². The number of amides is 1. The van der Waals surface area contributed by atoms with Crippen LogP contribution in [-0.2, 0) is 4.79 Å². The van der Waals surface area contributed by atoms with Crippen molar-refractivity contribution in [3.8, 4) is 22.8 Å². The van der Waals surface area contributed by atoms with Gasteiger partial charge in [-0.05, 0) is 62.4 Å². The third kappa shape index (κ3) is 5.58. The Balaban J connectivity index is 1.35. The molecule has 0 N–H and O–H groups in total. The number of piperazine rings is 1. The van der Waals surface area contributed by atoms with E-state index in [0.717, 1.165) is 22.8 Å². The van der Waals surface area contributed by atoms with E-state index in [9.17, 15) is 9.18 Å². The molecule has 7 nitrogen and oxygen atoms in total. The number of ether oxygens (including phenoxy) is 2. The summed E-state index contributed by atoms with van der Waals surface area (Å²) in [6, 6.07) is 15.5. The maximum absolute atomic E-state index is 13.1. The van der Waals surface area contributed by atoms with E-state index in [-0.39, 0.29) is 11.7 Å². The summed E-state index contributed by atoms with van der Waals surface area (Å²) in [6.07, 6.45) is 0.921. The van der Waals surface area contributed by atoms with E-state index in [1.165, 1.54) is 24.3 Å². The predicted octanol–water partition coefficient (Wildman–Crippen LogP) is 3.80. The minimum Gasteiger partial charge on any atom is -0.494 e. The molecule has 1 aliphatic heterocycles. The molecule has 3 aromatic rings. The number of carbonyl (C=O) groups is 1. The quantitative estimate of drug-likeness (QED) is 0.546. The van der Waals surface area contributed by atoms with Gasteiger partial charge in [0, 0.05) is 37.8 Å². The SMILES string of the molecule is CCOc1ccc(-c2cc(N3CCN(C(=O)C(C)Oc4ccc(F)cc4)CC3)ncn2)cc1. The molecule has 1 aromatic heterocycles. The molecule has 33 heavy (non-hydrogen) atoms. The minimum absolute atomic E-state index is 0.0864. The van der Waals surface area contributed by atoms with Crippen molar-refractivity contribution in [3.05, 3.63) is 66.7 Å². The number of benzene rings is 2. The molecule has 0 bridgehead atoms. The Morgan fingerprint density at radius 2 is 1.67 bits per heavy atom. The van der Waals surface area contributed by atoms with Crippen molar-refractivity contribution >= 4 is 11.7 Å². The first-order valence-electron chi connectivity index (χ1n) is 11.0. The third-order valence-electron chi connectivity index (χ3n) is 5.50. The molecular formula is C25H27FN4O3. The second-order valence-corrected chi connectivity index (χ2v) is 7.75. The van der Waals surface area contributed by atoms with E-state index in [1.807, 2.05) is 37.3 Å². The number of hydrogen-bond acceptors (Lipinski definition) is 6. The maximum atomic E-state index is 13.1. The molecule has 172 valence electrons. The lowest BCUT2D eigenvalue weighted by Gasteiger charge is -2.36. The van der Waals surface area contributed by atoms with Gasteiger partial charge in [-0.15, -0.1) is 0 Å². The molecular weight excluding hydrogens is 423 g/mol. The van der Waals surface area contributed by atoms with E-state index >= 15 is 0 Å². The average molecular weight is 451 g/mol. The summed E-state index contributed by atoms with van der Waals surface area (Å²) < 4.78 is 24.3. The Morgan fingerprint density at radius 1 is 1.00 bits per heavy atom. The summed E-state index contributed by atoms with van der Waals surface area (Å²) in [5, 5.41) is 0. The van der Waals surface area contributed by atoms with E-state index in [1.54, 1.807) is 18.2 Å². The van der Waals surface area contributed by atoms with Crippen LogP contribution in [0.5, 0.6) is 11.5 Å². The van der Waals surface area contributed by atoms with Gasteiger partial charge in [-0.25, -0.2) is 14.4 Å². The fourth-order valence-corrected chi connectivity index (χ4v) is 3.75. The van der Waals surface area contributed by atoms with Crippen LogP contribution in [0.25, 0.3) is 11.3 Å². The fourth-order valence-electron chi connectivity index (χ4n) is 3.75. The van der Waals surface area contributed by atoms with Crippen molar-refractivity contribution in [2.24, 2.45) is 0 Å². The van der Waals surface area contributed by atoms with Crippen molar-refractivity contribution in [2.75, 3.05) is 37.7 Å². The van der Waals surface area contributed by atoms with Gasteiger partial charge < -0.3 is 19.3 Å². The van der Waals surface area contributed by atoms with Gasteiger partial charge in [-0.1, -0.05) is 0 Å². The van der Waals surface area contributed by atoms with E-state index in [4.69, 9.17) is 9.47 Å². The Bertz CT molecular complexity index is 1070. The van der Waals surface area contributed by atoms with Crippen LogP contribution in [0.1, 0.15) is 13.8 Å². The maximum Gasteiger partial charge on any atom is 0.263 e. The molecule has 1 saturated heterocycles.